The van der Waals surface area contributed by atoms with Gasteiger partial charge in [-0.05, 0) is 62.3 Å². The van der Waals surface area contributed by atoms with Crippen LogP contribution in [0.4, 0.5) is 0 Å². The zero-order chi connectivity index (χ0) is 32.3. The highest BCUT2D eigenvalue weighted by molar-refractivity contribution is 6.28. The van der Waals surface area contributed by atoms with Gasteiger partial charge in [-0.25, -0.2) is 15.0 Å². The summed E-state index contributed by atoms with van der Waals surface area (Å²) in [5.41, 5.74) is 6.53. The fraction of sp³-hybridized carbons (Fsp3) is 0. The van der Waals surface area contributed by atoms with Crippen molar-refractivity contribution < 1.29 is 4.42 Å². The Morgan fingerprint density at radius 3 is 1.59 bits per heavy atom. The molecule has 0 saturated carbocycles. The molecule has 0 bridgehead atoms. The highest BCUT2D eigenvalue weighted by atomic mass is 16.3. The molecule has 0 unspecified atom stereocenters. The van der Waals surface area contributed by atoms with E-state index < -0.39 is 0 Å². The molecule has 10 aromatic rings. The van der Waals surface area contributed by atoms with Crippen LogP contribution in [0.5, 0.6) is 0 Å². The summed E-state index contributed by atoms with van der Waals surface area (Å²) >= 11 is 0. The normalized spacial score (nSPS) is 11.7. The average molecular weight is 626 g/mol. The minimum Gasteiger partial charge on any atom is -0.455 e. The van der Waals surface area contributed by atoms with Crippen LogP contribution in [0.15, 0.2) is 168 Å². The molecule has 8 aromatic carbocycles. The molecule has 0 aliphatic heterocycles. The van der Waals surface area contributed by atoms with E-state index >= 15 is 0 Å². The Bertz CT molecular complexity index is 2880. The molecular formula is C45H27N3O. The molecule has 0 saturated heterocycles. The molecule has 4 nitrogen and oxygen atoms in total. The first kappa shape index (κ1) is 27.5. The minimum absolute atomic E-state index is 0.567. The fourth-order valence-corrected chi connectivity index (χ4v) is 7.26. The monoisotopic (exact) mass is 625 g/mol. The topological polar surface area (TPSA) is 51.8 Å². The number of para-hydroxylation sites is 2. The van der Waals surface area contributed by atoms with Crippen molar-refractivity contribution in [2.24, 2.45) is 0 Å². The van der Waals surface area contributed by atoms with Crippen LogP contribution in [0.25, 0.3) is 99.5 Å². The molecule has 0 fully saturated rings. The number of rotatable bonds is 4. The molecular weight excluding hydrogens is 599 g/mol. The molecule has 2 heterocycles. The Morgan fingerprint density at radius 1 is 0.327 bits per heavy atom. The second kappa shape index (κ2) is 11.0. The average Bonchev–Trinajstić information content (AvgIpc) is 3.57. The number of aromatic nitrogens is 3. The van der Waals surface area contributed by atoms with E-state index in [0.29, 0.717) is 17.5 Å². The van der Waals surface area contributed by atoms with Gasteiger partial charge in [0.1, 0.15) is 11.2 Å². The van der Waals surface area contributed by atoms with Crippen molar-refractivity contribution >= 4 is 54.3 Å². The maximum Gasteiger partial charge on any atom is 0.167 e. The van der Waals surface area contributed by atoms with E-state index in [1.807, 2.05) is 54.6 Å². The lowest BCUT2D eigenvalue weighted by molar-refractivity contribution is 0.669. The third-order valence-corrected chi connectivity index (χ3v) is 9.50. The predicted octanol–water partition coefficient (Wildman–Crippen LogP) is 11.9. The van der Waals surface area contributed by atoms with Gasteiger partial charge >= 0.3 is 0 Å². The van der Waals surface area contributed by atoms with Crippen molar-refractivity contribution in [2.45, 2.75) is 0 Å². The Labute approximate surface area is 282 Å². The van der Waals surface area contributed by atoms with Gasteiger partial charge in [-0.15, -0.1) is 0 Å². The molecule has 0 radical (unpaired) electrons. The van der Waals surface area contributed by atoms with E-state index in [4.69, 9.17) is 19.4 Å². The SMILES string of the molecule is c1ccc(-c2cc(-c3nc(-c4ccccc4)nc(-c4cccc5c4oc4ccccc45)n3)c3c4ccccc4c4ccccc4c3c2)cc1. The van der Waals surface area contributed by atoms with E-state index in [0.717, 1.165) is 65.9 Å². The summed E-state index contributed by atoms with van der Waals surface area (Å²) in [5, 5.41) is 9.15. The maximum absolute atomic E-state index is 6.48. The van der Waals surface area contributed by atoms with E-state index in [-0.39, 0.29) is 0 Å². The third-order valence-electron chi connectivity index (χ3n) is 9.50. The van der Waals surface area contributed by atoms with Crippen molar-refractivity contribution in [3.8, 4) is 45.3 Å². The highest BCUT2D eigenvalue weighted by Gasteiger charge is 2.21. The second-order valence-corrected chi connectivity index (χ2v) is 12.4. The zero-order valence-electron chi connectivity index (χ0n) is 26.3. The molecule has 0 aliphatic rings. The zero-order valence-corrected chi connectivity index (χ0v) is 26.3. The molecule has 0 atom stereocenters. The molecule has 0 N–H and O–H groups in total. The van der Waals surface area contributed by atoms with Gasteiger partial charge in [-0.3, -0.25) is 0 Å². The lowest BCUT2D eigenvalue weighted by atomic mass is 9.88. The van der Waals surface area contributed by atoms with Crippen LogP contribution in [0.1, 0.15) is 0 Å². The quantitative estimate of drug-likeness (QED) is 0.183. The van der Waals surface area contributed by atoms with Crippen LogP contribution in [-0.2, 0) is 0 Å². The minimum atomic E-state index is 0.567. The fourth-order valence-electron chi connectivity index (χ4n) is 7.26. The number of nitrogens with zero attached hydrogens (tertiary/aromatic N) is 3. The molecule has 10 rings (SSSR count). The highest BCUT2D eigenvalue weighted by Crippen LogP contribution is 2.43. The number of benzene rings is 8. The summed E-state index contributed by atoms with van der Waals surface area (Å²) in [4.78, 5) is 15.7. The Balaban J connectivity index is 1.35. The van der Waals surface area contributed by atoms with E-state index in [1.165, 1.54) is 16.2 Å². The van der Waals surface area contributed by atoms with Crippen LogP contribution >= 0.6 is 0 Å². The van der Waals surface area contributed by atoms with E-state index in [1.54, 1.807) is 0 Å². The van der Waals surface area contributed by atoms with Gasteiger partial charge in [-0.1, -0.05) is 140 Å². The predicted molar refractivity (Wildman–Crippen MR) is 201 cm³/mol. The maximum atomic E-state index is 6.48. The lowest BCUT2D eigenvalue weighted by Crippen LogP contribution is -2.01. The molecule has 0 amide bonds. The first-order chi connectivity index (χ1) is 24.3. The molecule has 228 valence electrons. The van der Waals surface area contributed by atoms with Crippen LogP contribution in [-0.4, -0.2) is 15.0 Å². The third kappa shape index (κ3) is 4.42. The molecule has 0 aliphatic carbocycles. The number of hydrogen-bond acceptors (Lipinski definition) is 4. The van der Waals surface area contributed by atoms with Crippen molar-refractivity contribution in [2.75, 3.05) is 0 Å². The van der Waals surface area contributed by atoms with Crippen molar-refractivity contribution in [1.82, 2.24) is 15.0 Å². The molecule has 49 heavy (non-hydrogen) atoms. The number of hydrogen-bond donors (Lipinski definition) is 0. The van der Waals surface area contributed by atoms with Crippen molar-refractivity contribution in [3.63, 3.8) is 0 Å². The first-order valence-electron chi connectivity index (χ1n) is 16.5. The van der Waals surface area contributed by atoms with Crippen LogP contribution < -0.4 is 0 Å². The summed E-state index contributed by atoms with van der Waals surface area (Å²) < 4.78 is 6.48. The smallest absolute Gasteiger partial charge is 0.167 e. The standard InChI is InChI=1S/C45H27N3O/c1-3-14-28(15-4-1)30-26-38-33-20-8-7-18-31(33)32-19-9-10-22-35(32)41(38)39(27-30)45-47-43(29-16-5-2-6-17-29)46-44(48-45)37-24-13-23-36-34-21-11-12-25-40(34)49-42(36)37/h1-27H. The van der Waals surface area contributed by atoms with Crippen LogP contribution in [0.2, 0.25) is 0 Å². The van der Waals surface area contributed by atoms with Gasteiger partial charge in [-0.2, -0.15) is 0 Å². The van der Waals surface area contributed by atoms with Gasteiger partial charge in [0.15, 0.2) is 17.5 Å². The molecule has 0 spiro atoms. The Hall–Kier alpha value is -6.65. The van der Waals surface area contributed by atoms with E-state index in [2.05, 4.69) is 109 Å². The van der Waals surface area contributed by atoms with Gasteiger partial charge in [0.25, 0.3) is 0 Å². The molecule has 2 aromatic heterocycles. The van der Waals surface area contributed by atoms with Gasteiger partial charge in [0, 0.05) is 27.3 Å². The summed E-state index contributed by atoms with van der Waals surface area (Å²) in [5.74, 6) is 1.79. The summed E-state index contributed by atoms with van der Waals surface area (Å²) in [6.07, 6.45) is 0. The Kier molecular flexibility index (Phi) is 6.15. The number of furan rings is 1. The summed E-state index contributed by atoms with van der Waals surface area (Å²) in [7, 11) is 0. The van der Waals surface area contributed by atoms with Crippen molar-refractivity contribution in [3.05, 3.63) is 164 Å². The summed E-state index contributed by atoms with van der Waals surface area (Å²) in [6, 6.07) is 56.9. The second-order valence-electron chi connectivity index (χ2n) is 12.4. The van der Waals surface area contributed by atoms with Gasteiger partial charge in [0.05, 0.1) is 5.56 Å². The van der Waals surface area contributed by atoms with Gasteiger partial charge < -0.3 is 4.42 Å². The lowest BCUT2D eigenvalue weighted by Gasteiger charge is -2.17. The van der Waals surface area contributed by atoms with Crippen molar-refractivity contribution in [1.29, 1.82) is 0 Å². The summed E-state index contributed by atoms with van der Waals surface area (Å²) in [6.45, 7) is 0. The van der Waals surface area contributed by atoms with E-state index in [9.17, 15) is 0 Å². The number of fused-ring (bicyclic) bond motifs is 9. The molecule has 4 heteroatoms. The van der Waals surface area contributed by atoms with Gasteiger partial charge in [0.2, 0.25) is 0 Å². The largest absolute Gasteiger partial charge is 0.455 e. The Morgan fingerprint density at radius 2 is 0.857 bits per heavy atom. The van der Waals surface area contributed by atoms with Crippen LogP contribution in [0, 0.1) is 0 Å². The van der Waals surface area contributed by atoms with Crippen LogP contribution in [0.3, 0.4) is 0 Å². The first-order valence-corrected chi connectivity index (χ1v) is 16.5.